The van der Waals surface area contributed by atoms with Crippen LogP contribution in [-0.4, -0.2) is 9.97 Å². The highest BCUT2D eigenvalue weighted by Gasteiger charge is 2.00. The summed E-state index contributed by atoms with van der Waals surface area (Å²) in [5.74, 6) is 1.56. The quantitative estimate of drug-likeness (QED) is 0.779. The van der Waals surface area contributed by atoms with Crippen LogP contribution in [0.5, 0.6) is 11.5 Å². The van der Waals surface area contributed by atoms with Gasteiger partial charge in [-0.25, -0.2) is 4.98 Å². The minimum absolute atomic E-state index is 0.372. The molecule has 4 nitrogen and oxygen atoms in total. The highest BCUT2D eigenvalue weighted by atomic mass is 16.5. The molecule has 70 valence electrons. The van der Waals surface area contributed by atoms with E-state index in [4.69, 9.17) is 10.5 Å². The van der Waals surface area contributed by atoms with E-state index >= 15 is 0 Å². The van der Waals surface area contributed by atoms with Gasteiger partial charge in [0.15, 0.2) is 11.6 Å². The molecule has 2 rings (SSSR count). The van der Waals surface area contributed by atoms with E-state index in [9.17, 15) is 0 Å². The summed E-state index contributed by atoms with van der Waals surface area (Å²) in [5, 5.41) is 0. The maximum Gasteiger partial charge on any atom is 0.169 e. The van der Waals surface area contributed by atoms with Gasteiger partial charge in [0.05, 0.1) is 6.20 Å². The lowest BCUT2D eigenvalue weighted by Crippen LogP contribution is -1.94. The summed E-state index contributed by atoms with van der Waals surface area (Å²) in [6.45, 7) is 0. The lowest BCUT2D eigenvalue weighted by atomic mass is 10.4. The zero-order valence-corrected chi connectivity index (χ0v) is 7.42. The van der Waals surface area contributed by atoms with Crippen molar-refractivity contribution in [3.05, 3.63) is 42.9 Å². The molecule has 0 saturated carbocycles. The zero-order valence-electron chi connectivity index (χ0n) is 7.42. The van der Waals surface area contributed by atoms with Gasteiger partial charge in [0.1, 0.15) is 5.75 Å². The molecule has 14 heavy (non-hydrogen) atoms. The Labute approximate surface area is 81.4 Å². The molecule has 2 aromatic rings. The first kappa shape index (κ1) is 8.50. The second-order valence-corrected chi connectivity index (χ2v) is 2.68. The van der Waals surface area contributed by atoms with Crippen molar-refractivity contribution in [2.24, 2.45) is 0 Å². The van der Waals surface area contributed by atoms with E-state index in [-0.39, 0.29) is 0 Å². The Morgan fingerprint density at radius 2 is 2.00 bits per heavy atom. The van der Waals surface area contributed by atoms with E-state index in [0.29, 0.717) is 17.3 Å². The van der Waals surface area contributed by atoms with E-state index in [1.165, 1.54) is 0 Å². The number of hydrogen-bond acceptors (Lipinski definition) is 4. The van der Waals surface area contributed by atoms with Gasteiger partial charge >= 0.3 is 0 Å². The van der Waals surface area contributed by atoms with E-state index in [0.717, 1.165) is 0 Å². The second-order valence-electron chi connectivity index (χ2n) is 2.68. The molecule has 0 bridgehead atoms. The molecule has 0 aromatic carbocycles. The summed E-state index contributed by atoms with van der Waals surface area (Å²) in [7, 11) is 0. The number of nitrogen functional groups attached to an aromatic ring is 1. The lowest BCUT2D eigenvalue weighted by molar-refractivity contribution is 0.481. The minimum atomic E-state index is 0.372. The van der Waals surface area contributed by atoms with Crippen LogP contribution in [0.15, 0.2) is 42.9 Å². The van der Waals surface area contributed by atoms with Crippen LogP contribution in [0.2, 0.25) is 0 Å². The van der Waals surface area contributed by atoms with Crippen molar-refractivity contribution in [3.8, 4) is 11.5 Å². The van der Waals surface area contributed by atoms with Crippen molar-refractivity contribution in [2.45, 2.75) is 0 Å². The number of pyridine rings is 2. The maximum absolute atomic E-state index is 5.61. The van der Waals surface area contributed by atoms with E-state index < -0.39 is 0 Å². The van der Waals surface area contributed by atoms with Gasteiger partial charge in [-0.2, -0.15) is 0 Å². The normalized spacial score (nSPS) is 9.71. The third kappa shape index (κ3) is 1.80. The first-order valence-electron chi connectivity index (χ1n) is 4.14. The predicted molar refractivity (Wildman–Crippen MR) is 53.0 cm³/mol. The summed E-state index contributed by atoms with van der Waals surface area (Å²) in [5.41, 5.74) is 5.61. The third-order valence-corrected chi connectivity index (χ3v) is 1.66. The van der Waals surface area contributed by atoms with Gasteiger partial charge in [0, 0.05) is 12.4 Å². The van der Waals surface area contributed by atoms with Crippen molar-refractivity contribution < 1.29 is 4.74 Å². The fraction of sp³-hybridized carbons (Fsp3) is 0. The van der Waals surface area contributed by atoms with Crippen LogP contribution in [0.4, 0.5) is 5.82 Å². The molecule has 0 radical (unpaired) electrons. The Morgan fingerprint density at radius 1 is 1.14 bits per heavy atom. The van der Waals surface area contributed by atoms with Gasteiger partial charge in [-0.3, -0.25) is 4.98 Å². The Balaban J connectivity index is 2.24. The molecule has 0 saturated heterocycles. The summed E-state index contributed by atoms with van der Waals surface area (Å²) in [6.07, 6.45) is 4.91. The van der Waals surface area contributed by atoms with Gasteiger partial charge in [-0.15, -0.1) is 0 Å². The maximum atomic E-state index is 5.61. The summed E-state index contributed by atoms with van der Waals surface area (Å²) in [6, 6.07) is 7.12. The first-order chi connectivity index (χ1) is 6.86. The summed E-state index contributed by atoms with van der Waals surface area (Å²) in [4.78, 5) is 7.83. The van der Waals surface area contributed by atoms with Crippen LogP contribution in [0.3, 0.4) is 0 Å². The van der Waals surface area contributed by atoms with Crippen LogP contribution in [0.25, 0.3) is 0 Å². The van der Waals surface area contributed by atoms with Crippen molar-refractivity contribution in [1.29, 1.82) is 0 Å². The van der Waals surface area contributed by atoms with Gasteiger partial charge in [0.2, 0.25) is 0 Å². The van der Waals surface area contributed by atoms with Crippen molar-refractivity contribution in [1.82, 2.24) is 9.97 Å². The molecule has 0 aliphatic heterocycles. The predicted octanol–water partition coefficient (Wildman–Crippen LogP) is 1.85. The molecule has 2 aromatic heterocycles. The van der Waals surface area contributed by atoms with Gasteiger partial charge in [-0.05, 0) is 24.3 Å². The third-order valence-electron chi connectivity index (χ3n) is 1.66. The van der Waals surface area contributed by atoms with Crippen molar-refractivity contribution in [3.63, 3.8) is 0 Å². The number of nitrogens with zero attached hydrogens (tertiary/aromatic N) is 2. The van der Waals surface area contributed by atoms with E-state index in [2.05, 4.69) is 9.97 Å². The molecule has 2 N–H and O–H groups in total. The topological polar surface area (TPSA) is 61.0 Å². The van der Waals surface area contributed by atoms with Gasteiger partial charge < -0.3 is 10.5 Å². The average molecular weight is 187 g/mol. The van der Waals surface area contributed by atoms with Crippen LogP contribution in [-0.2, 0) is 0 Å². The standard InChI is InChI=1S/C10H9N3O/c11-10-9(4-2-6-13-10)14-8-3-1-5-12-7-8/h1-7H,(H2,11,13). The zero-order chi connectivity index (χ0) is 9.80. The van der Waals surface area contributed by atoms with Crippen LogP contribution >= 0.6 is 0 Å². The minimum Gasteiger partial charge on any atom is -0.452 e. The highest BCUT2D eigenvalue weighted by Crippen LogP contribution is 2.23. The molecule has 0 atom stereocenters. The number of rotatable bonds is 2. The van der Waals surface area contributed by atoms with Crippen molar-refractivity contribution in [2.75, 3.05) is 5.73 Å². The Morgan fingerprint density at radius 3 is 2.71 bits per heavy atom. The fourth-order valence-electron chi connectivity index (χ4n) is 1.02. The van der Waals surface area contributed by atoms with Gasteiger partial charge in [-0.1, -0.05) is 0 Å². The fourth-order valence-corrected chi connectivity index (χ4v) is 1.02. The monoisotopic (exact) mass is 187 g/mol. The number of anilines is 1. The number of ether oxygens (including phenoxy) is 1. The molecular formula is C10H9N3O. The molecule has 0 aliphatic carbocycles. The number of hydrogen-bond donors (Lipinski definition) is 1. The van der Waals surface area contributed by atoms with E-state index in [1.807, 2.05) is 0 Å². The Hall–Kier alpha value is -2.10. The second kappa shape index (κ2) is 3.74. The molecular weight excluding hydrogens is 178 g/mol. The van der Waals surface area contributed by atoms with Crippen LogP contribution < -0.4 is 10.5 Å². The molecule has 0 spiro atoms. The Bertz CT molecular complexity index is 417. The first-order valence-corrected chi connectivity index (χ1v) is 4.14. The number of nitrogens with two attached hydrogens (primary N) is 1. The molecule has 0 fully saturated rings. The number of aromatic nitrogens is 2. The highest BCUT2D eigenvalue weighted by molar-refractivity contribution is 5.46. The molecule has 4 heteroatoms. The summed E-state index contributed by atoms with van der Waals surface area (Å²) < 4.78 is 5.46. The summed E-state index contributed by atoms with van der Waals surface area (Å²) >= 11 is 0. The van der Waals surface area contributed by atoms with Gasteiger partial charge in [0.25, 0.3) is 0 Å². The van der Waals surface area contributed by atoms with E-state index in [1.54, 1.807) is 42.9 Å². The van der Waals surface area contributed by atoms with Crippen LogP contribution in [0.1, 0.15) is 0 Å². The molecule has 2 heterocycles. The molecule has 0 aliphatic rings. The van der Waals surface area contributed by atoms with Crippen molar-refractivity contribution >= 4 is 5.82 Å². The Kier molecular flexibility index (Phi) is 2.27. The van der Waals surface area contributed by atoms with Crippen LogP contribution in [0, 0.1) is 0 Å². The molecule has 0 amide bonds. The lowest BCUT2D eigenvalue weighted by Gasteiger charge is -2.05. The smallest absolute Gasteiger partial charge is 0.169 e. The molecule has 0 unspecified atom stereocenters. The largest absolute Gasteiger partial charge is 0.452 e. The average Bonchev–Trinajstić information content (AvgIpc) is 2.23. The SMILES string of the molecule is Nc1ncccc1Oc1cccnc1.